The zero-order valence-corrected chi connectivity index (χ0v) is 12.1. The number of hydrogen-bond donors (Lipinski definition) is 3. The molecule has 0 radical (unpaired) electrons. The molecule has 1 aromatic rings. The Morgan fingerprint density at radius 3 is 2.43 bits per heavy atom. The van der Waals surface area contributed by atoms with E-state index in [1.807, 2.05) is 30.3 Å². The lowest BCUT2D eigenvalue weighted by atomic mass is 10.2. The van der Waals surface area contributed by atoms with Crippen molar-refractivity contribution in [1.29, 1.82) is 0 Å². The summed E-state index contributed by atoms with van der Waals surface area (Å²) in [5.74, 6) is 0.0105. The number of carbonyl (C=O) groups is 2. The molecule has 0 atom stereocenters. The Kier molecular flexibility index (Phi) is 6.18. The highest BCUT2D eigenvalue weighted by Gasteiger charge is 2.14. The number of rotatable bonds is 2. The van der Waals surface area contributed by atoms with Crippen LogP contribution in [0.3, 0.4) is 0 Å². The highest BCUT2D eigenvalue weighted by molar-refractivity contribution is 5.79. The number of carbonyl (C=O) groups excluding carboxylic acids is 2. The molecule has 0 saturated carbocycles. The topological polar surface area (TPSA) is 73.5 Å². The standard InChI is InChI=1S/C15H22N4O2/c20-14-10-16-6-7-17-11-15(21)19(9-8-18-14)12-13-4-2-1-3-5-13/h1-5,16-17H,6-12H2,(H,18,20). The van der Waals surface area contributed by atoms with Gasteiger partial charge in [0.2, 0.25) is 11.8 Å². The summed E-state index contributed by atoms with van der Waals surface area (Å²) in [6.45, 7) is 3.52. The maximum atomic E-state index is 12.2. The lowest BCUT2D eigenvalue weighted by Gasteiger charge is -2.24. The monoisotopic (exact) mass is 290 g/mol. The molecule has 1 fully saturated rings. The van der Waals surface area contributed by atoms with Crippen LogP contribution < -0.4 is 16.0 Å². The molecule has 2 amide bonds. The summed E-state index contributed by atoms with van der Waals surface area (Å²) < 4.78 is 0. The molecule has 0 spiro atoms. The van der Waals surface area contributed by atoms with E-state index in [-0.39, 0.29) is 11.8 Å². The van der Waals surface area contributed by atoms with E-state index >= 15 is 0 Å². The second-order valence-electron chi connectivity index (χ2n) is 5.00. The molecule has 1 aliphatic heterocycles. The average molecular weight is 290 g/mol. The quantitative estimate of drug-likeness (QED) is 0.675. The van der Waals surface area contributed by atoms with Crippen molar-refractivity contribution in [2.45, 2.75) is 6.54 Å². The fourth-order valence-electron chi connectivity index (χ4n) is 2.17. The minimum atomic E-state index is -0.0392. The molecule has 2 rings (SSSR count). The third-order valence-electron chi connectivity index (χ3n) is 3.31. The van der Waals surface area contributed by atoms with E-state index < -0.39 is 0 Å². The minimum Gasteiger partial charge on any atom is -0.353 e. The van der Waals surface area contributed by atoms with Crippen molar-refractivity contribution in [3.05, 3.63) is 35.9 Å². The van der Waals surface area contributed by atoms with Crippen LogP contribution in [0.5, 0.6) is 0 Å². The predicted octanol–water partition coefficient (Wildman–Crippen LogP) is -0.676. The molecule has 114 valence electrons. The van der Waals surface area contributed by atoms with Crippen LogP contribution in [0.2, 0.25) is 0 Å². The lowest BCUT2D eigenvalue weighted by Crippen LogP contribution is -2.46. The van der Waals surface area contributed by atoms with Crippen molar-refractivity contribution < 1.29 is 9.59 Å². The normalized spacial score (nSPS) is 18.6. The van der Waals surface area contributed by atoms with Crippen LogP contribution in [0.25, 0.3) is 0 Å². The maximum Gasteiger partial charge on any atom is 0.236 e. The van der Waals surface area contributed by atoms with Crippen LogP contribution in [0.4, 0.5) is 0 Å². The molecular formula is C15H22N4O2. The molecular weight excluding hydrogens is 268 g/mol. The van der Waals surface area contributed by atoms with Gasteiger partial charge in [0.1, 0.15) is 0 Å². The Morgan fingerprint density at radius 1 is 0.952 bits per heavy atom. The Balaban J connectivity index is 1.96. The van der Waals surface area contributed by atoms with Gasteiger partial charge in [-0.3, -0.25) is 9.59 Å². The molecule has 1 heterocycles. The molecule has 6 heteroatoms. The van der Waals surface area contributed by atoms with Crippen molar-refractivity contribution >= 4 is 11.8 Å². The van der Waals surface area contributed by atoms with Gasteiger partial charge in [0.15, 0.2) is 0 Å². The molecule has 3 N–H and O–H groups in total. The van der Waals surface area contributed by atoms with Gasteiger partial charge >= 0.3 is 0 Å². The summed E-state index contributed by atoms with van der Waals surface area (Å²) in [7, 11) is 0. The van der Waals surface area contributed by atoms with Crippen LogP contribution in [0.15, 0.2) is 30.3 Å². The fourth-order valence-corrected chi connectivity index (χ4v) is 2.17. The molecule has 21 heavy (non-hydrogen) atoms. The first-order valence-electron chi connectivity index (χ1n) is 7.25. The smallest absolute Gasteiger partial charge is 0.236 e. The SMILES string of the molecule is O=C1CNCCNCC(=O)N(Cc2ccccc2)CCN1. The third kappa shape index (κ3) is 5.53. The van der Waals surface area contributed by atoms with E-state index in [1.165, 1.54) is 0 Å². The fraction of sp³-hybridized carbons (Fsp3) is 0.467. The molecule has 6 nitrogen and oxygen atoms in total. The summed E-state index contributed by atoms with van der Waals surface area (Å²) >= 11 is 0. The van der Waals surface area contributed by atoms with Gasteiger partial charge in [-0.15, -0.1) is 0 Å². The summed E-state index contributed by atoms with van der Waals surface area (Å²) in [5, 5.41) is 8.94. The van der Waals surface area contributed by atoms with E-state index in [4.69, 9.17) is 0 Å². The summed E-state index contributed by atoms with van der Waals surface area (Å²) in [4.78, 5) is 25.6. The molecule has 1 saturated heterocycles. The van der Waals surface area contributed by atoms with E-state index in [0.29, 0.717) is 45.8 Å². The second kappa shape index (κ2) is 8.39. The summed E-state index contributed by atoms with van der Waals surface area (Å²) in [5.41, 5.74) is 1.09. The van der Waals surface area contributed by atoms with Crippen LogP contribution in [-0.4, -0.2) is 56.0 Å². The Hall–Kier alpha value is -1.92. The average Bonchev–Trinajstić information content (AvgIpc) is 2.49. The van der Waals surface area contributed by atoms with Gasteiger partial charge in [0, 0.05) is 32.7 Å². The van der Waals surface area contributed by atoms with Gasteiger partial charge in [0.05, 0.1) is 13.1 Å². The summed E-state index contributed by atoms with van der Waals surface area (Å²) in [6.07, 6.45) is 0. The predicted molar refractivity (Wildman–Crippen MR) is 80.6 cm³/mol. The van der Waals surface area contributed by atoms with E-state index in [9.17, 15) is 9.59 Å². The molecule has 1 aromatic carbocycles. The zero-order chi connectivity index (χ0) is 14.9. The maximum absolute atomic E-state index is 12.2. The van der Waals surface area contributed by atoms with Gasteiger partial charge in [-0.2, -0.15) is 0 Å². The molecule has 0 bridgehead atoms. The third-order valence-corrected chi connectivity index (χ3v) is 3.31. The number of nitrogens with one attached hydrogen (secondary N) is 3. The first-order chi connectivity index (χ1) is 10.3. The molecule has 0 unspecified atom stereocenters. The first kappa shape index (κ1) is 15.5. The van der Waals surface area contributed by atoms with Crippen LogP contribution in [-0.2, 0) is 16.1 Å². The van der Waals surface area contributed by atoms with Gasteiger partial charge in [-0.05, 0) is 5.56 Å². The zero-order valence-electron chi connectivity index (χ0n) is 12.1. The van der Waals surface area contributed by atoms with Crippen molar-refractivity contribution in [2.75, 3.05) is 39.3 Å². The van der Waals surface area contributed by atoms with Crippen molar-refractivity contribution in [2.24, 2.45) is 0 Å². The van der Waals surface area contributed by atoms with Crippen LogP contribution in [0, 0.1) is 0 Å². The molecule has 0 aromatic heterocycles. The van der Waals surface area contributed by atoms with E-state index in [2.05, 4.69) is 16.0 Å². The van der Waals surface area contributed by atoms with Crippen molar-refractivity contribution in [1.82, 2.24) is 20.9 Å². The van der Waals surface area contributed by atoms with Crippen LogP contribution in [0.1, 0.15) is 5.56 Å². The second-order valence-corrected chi connectivity index (χ2v) is 5.00. The van der Waals surface area contributed by atoms with Gasteiger partial charge in [0.25, 0.3) is 0 Å². The number of hydrogen-bond acceptors (Lipinski definition) is 4. The van der Waals surface area contributed by atoms with E-state index in [0.717, 1.165) is 5.56 Å². The number of amides is 2. The largest absolute Gasteiger partial charge is 0.353 e. The lowest BCUT2D eigenvalue weighted by molar-refractivity contribution is -0.131. The van der Waals surface area contributed by atoms with E-state index in [1.54, 1.807) is 4.90 Å². The Morgan fingerprint density at radius 2 is 1.67 bits per heavy atom. The highest BCUT2D eigenvalue weighted by atomic mass is 16.2. The Bertz CT molecular complexity index is 464. The van der Waals surface area contributed by atoms with Crippen molar-refractivity contribution in [3.63, 3.8) is 0 Å². The number of nitrogens with zero attached hydrogens (tertiary/aromatic N) is 1. The number of benzene rings is 1. The van der Waals surface area contributed by atoms with Gasteiger partial charge in [-0.25, -0.2) is 0 Å². The van der Waals surface area contributed by atoms with Crippen molar-refractivity contribution in [3.8, 4) is 0 Å². The Labute approximate surface area is 124 Å². The van der Waals surface area contributed by atoms with Gasteiger partial charge in [-0.1, -0.05) is 30.3 Å². The van der Waals surface area contributed by atoms with Crippen LogP contribution >= 0.6 is 0 Å². The van der Waals surface area contributed by atoms with Gasteiger partial charge < -0.3 is 20.9 Å². The molecule has 1 aliphatic rings. The first-order valence-corrected chi connectivity index (χ1v) is 7.25. The summed E-state index contributed by atoms with van der Waals surface area (Å²) in [6, 6.07) is 9.87. The minimum absolute atomic E-state index is 0.0392. The highest BCUT2D eigenvalue weighted by Crippen LogP contribution is 2.04. The molecule has 0 aliphatic carbocycles.